The number of nitrogens with one attached hydrogen (secondary N) is 1. The Morgan fingerprint density at radius 2 is 2.14 bits per heavy atom. The number of rotatable bonds is 4. The summed E-state index contributed by atoms with van der Waals surface area (Å²) in [6, 6.07) is 3.37. The van der Waals surface area contributed by atoms with Crippen molar-refractivity contribution in [2.75, 3.05) is 0 Å². The summed E-state index contributed by atoms with van der Waals surface area (Å²) in [7, 11) is 0. The van der Waals surface area contributed by atoms with Crippen molar-refractivity contribution < 1.29 is 9.59 Å². The molecular weight excluding hydrogens is 308 g/mol. The number of carbonyl (C=O) groups is 2. The Morgan fingerprint density at radius 3 is 2.67 bits per heavy atom. The Morgan fingerprint density at radius 1 is 1.43 bits per heavy atom. The van der Waals surface area contributed by atoms with Crippen LogP contribution in [0.3, 0.4) is 0 Å². The van der Waals surface area contributed by atoms with E-state index in [0.717, 1.165) is 17.7 Å². The number of hydrogen-bond donors (Lipinski definition) is 1. The van der Waals surface area contributed by atoms with E-state index in [9.17, 15) is 9.59 Å². The number of thiophene rings is 1. The highest BCUT2D eigenvalue weighted by atomic mass is 35.5. The molecule has 21 heavy (non-hydrogen) atoms. The van der Waals surface area contributed by atoms with E-state index in [4.69, 9.17) is 11.6 Å². The summed E-state index contributed by atoms with van der Waals surface area (Å²) in [6.07, 6.45) is 2.65. The van der Waals surface area contributed by atoms with Gasteiger partial charge in [-0.05, 0) is 44.2 Å². The average Bonchev–Trinajstić information content (AvgIpc) is 3.21. The van der Waals surface area contributed by atoms with Crippen LogP contribution in [0.5, 0.6) is 0 Å². The second kappa shape index (κ2) is 5.29. The van der Waals surface area contributed by atoms with Crippen LogP contribution in [0, 0.1) is 5.92 Å². The zero-order valence-corrected chi connectivity index (χ0v) is 13.8. The number of carbonyl (C=O) groups excluding carboxylic acids is 2. The minimum Gasteiger partial charge on any atom is -0.340 e. The Hall–Kier alpha value is -1.07. The Bertz CT molecular complexity index is 584. The lowest BCUT2D eigenvalue weighted by Crippen LogP contribution is -2.69. The summed E-state index contributed by atoms with van der Waals surface area (Å²) in [5, 5.41) is 2.97. The first kappa shape index (κ1) is 14.9. The molecule has 1 saturated heterocycles. The molecule has 0 spiro atoms. The molecule has 2 amide bonds. The van der Waals surface area contributed by atoms with E-state index in [0.29, 0.717) is 17.3 Å². The van der Waals surface area contributed by atoms with Crippen molar-refractivity contribution in [1.82, 2.24) is 10.2 Å². The van der Waals surface area contributed by atoms with Crippen molar-refractivity contribution >= 4 is 34.8 Å². The first-order valence-electron chi connectivity index (χ1n) is 7.33. The van der Waals surface area contributed by atoms with Crippen LogP contribution in [-0.2, 0) is 16.1 Å². The van der Waals surface area contributed by atoms with Crippen LogP contribution < -0.4 is 5.32 Å². The van der Waals surface area contributed by atoms with E-state index in [1.165, 1.54) is 11.3 Å². The highest BCUT2D eigenvalue weighted by Gasteiger charge is 2.54. The standard InChI is InChI=1S/C15H19ClN2O2S/c1-3-11-13(19)17-15(2,9-4-5-9)14(20)18(11)8-10-6-7-12(16)21-10/h6-7,9,11H,3-5,8H2,1-2H3,(H,17,19). The molecule has 0 radical (unpaired) electrons. The van der Waals surface area contributed by atoms with Crippen LogP contribution in [0.15, 0.2) is 12.1 Å². The minimum absolute atomic E-state index is 0.0332. The lowest BCUT2D eigenvalue weighted by molar-refractivity contribution is -0.156. The van der Waals surface area contributed by atoms with Crippen LogP contribution in [-0.4, -0.2) is 28.3 Å². The van der Waals surface area contributed by atoms with E-state index in [1.807, 2.05) is 26.0 Å². The summed E-state index contributed by atoms with van der Waals surface area (Å²) < 4.78 is 0.705. The minimum atomic E-state index is -0.732. The molecule has 1 saturated carbocycles. The molecule has 1 aromatic heterocycles. The van der Waals surface area contributed by atoms with Crippen molar-refractivity contribution in [3.8, 4) is 0 Å². The van der Waals surface area contributed by atoms with Crippen LogP contribution >= 0.6 is 22.9 Å². The molecule has 1 aliphatic heterocycles. The second-order valence-electron chi connectivity index (χ2n) is 6.03. The van der Waals surface area contributed by atoms with Gasteiger partial charge in [0.2, 0.25) is 11.8 Å². The molecule has 1 aromatic rings. The predicted octanol–water partition coefficient (Wildman–Crippen LogP) is 2.81. The van der Waals surface area contributed by atoms with E-state index in [-0.39, 0.29) is 23.8 Å². The topological polar surface area (TPSA) is 49.4 Å². The Labute approximate surface area is 133 Å². The zero-order chi connectivity index (χ0) is 15.2. The highest BCUT2D eigenvalue weighted by Crippen LogP contribution is 2.42. The van der Waals surface area contributed by atoms with Crippen LogP contribution in [0.2, 0.25) is 4.34 Å². The number of nitrogens with zero attached hydrogens (tertiary/aromatic N) is 1. The molecule has 0 aromatic carbocycles. The van der Waals surface area contributed by atoms with Crippen molar-refractivity contribution in [3.05, 3.63) is 21.3 Å². The number of halogens is 1. The molecular formula is C15H19ClN2O2S. The summed E-state index contributed by atoms with van der Waals surface area (Å²) >= 11 is 7.43. The maximum atomic E-state index is 12.9. The zero-order valence-electron chi connectivity index (χ0n) is 12.2. The molecule has 114 valence electrons. The first-order valence-corrected chi connectivity index (χ1v) is 8.52. The maximum Gasteiger partial charge on any atom is 0.249 e. The van der Waals surface area contributed by atoms with E-state index >= 15 is 0 Å². The van der Waals surface area contributed by atoms with Crippen LogP contribution in [0.1, 0.15) is 38.0 Å². The molecule has 1 N–H and O–H groups in total. The largest absolute Gasteiger partial charge is 0.340 e. The molecule has 2 fully saturated rings. The second-order valence-corrected chi connectivity index (χ2v) is 7.83. The smallest absolute Gasteiger partial charge is 0.249 e. The Kier molecular flexibility index (Phi) is 3.74. The molecule has 2 unspecified atom stereocenters. The molecule has 2 atom stereocenters. The SMILES string of the molecule is CCC1C(=O)NC(C)(C2CC2)C(=O)N1Cc1ccc(Cl)s1. The van der Waals surface area contributed by atoms with Gasteiger partial charge < -0.3 is 10.2 Å². The fourth-order valence-electron chi connectivity index (χ4n) is 3.10. The van der Waals surface area contributed by atoms with Gasteiger partial charge in [-0.3, -0.25) is 9.59 Å². The first-order chi connectivity index (χ1) is 9.95. The quantitative estimate of drug-likeness (QED) is 0.925. The highest BCUT2D eigenvalue weighted by molar-refractivity contribution is 7.16. The third-order valence-electron chi connectivity index (χ3n) is 4.50. The summed E-state index contributed by atoms with van der Waals surface area (Å²) in [5.41, 5.74) is -0.732. The summed E-state index contributed by atoms with van der Waals surface area (Å²) in [6.45, 7) is 4.27. The van der Waals surface area contributed by atoms with Gasteiger partial charge in [0.25, 0.3) is 0 Å². The molecule has 1 aliphatic carbocycles. The van der Waals surface area contributed by atoms with Gasteiger partial charge >= 0.3 is 0 Å². The lowest BCUT2D eigenvalue weighted by Gasteiger charge is -2.44. The third kappa shape index (κ3) is 2.57. The van der Waals surface area contributed by atoms with E-state index < -0.39 is 5.54 Å². The monoisotopic (exact) mass is 326 g/mol. The van der Waals surface area contributed by atoms with Gasteiger partial charge in [-0.1, -0.05) is 18.5 Å². The fraction of sp³-hybridized carbons (Fsp3) is 0.600. The van der Waals surface area contributed by atoms with Gasteiger partial charge in [0.15, 0.2) is 0 Å². The van der Waals surface area contributed by atoms with Crippen molar-refractivity contribution in [2.45, 2.75) is 51.2 Å². The van der Waals surface area contributed by atoms with Gasteiger partial charge in [0.05, 0.1) is 10.9 Å². The van der Waals surface area contributed by atoms with Gasteiger partial charge in [0.1, 0.15) is 11.6 Å². The molecule has 4 nitrogen and oxygen atoms in total. The van der Waals surface area contributed by atoms with Crippen LogP contribution in [0.4, 0.5) is 0 Å². The molecule has 6 heteroatoms. The molecule has 2 heterocycles. The molecule has 0 bridgehead atoms. The third-order valence-corrected chi connectivity index (χ3v) is 5.72. The number of piperazine rings is 1. The van der Waals surface area contributed by atoms with Gasteiger partial charge in [0, 0.05) is 4.88 Å². The maximum absolute atomic E-state index is 12.9. The molecule has 3 rings (SSSR count). The van der Waals surface area contributed by atoms with Gasteiger partial charge in [-0.15, -0.1) is 11.3 Å². The van der Waals surface area contributed by atoms with Crippen molar-refractivity contribution in [1.29, 1.82) is 0 Å². The summed E-state index contributed by atoms with van der Waals surface area (Å²) in [4.78, 5) is 28.1. The van der Waals surface area contributed by atoms with Crippen molar-refractivity contribution in [3.63, 3.8) is 0 Å². The number of hydrogen-bond acceptors (Lipinski definition) is 3. The van der Waals surface area contributed by atoms with E-state index in [2.05, 4.69) is 5.32 Å². The van der Waals surface area contributed by atoms with Gasteiger partial charge in [-0.25, -0.2) is 0 Å². The summed E-state index contributed by atoms with van der Waals surface area (Å²) in [5.74, 6) is 0.288. The van der Waals surface area contributed by atoms with Gasteiger partial charge in [-0.2, -0.15) is 0 Å². The Balaban J connectivity index is 1.89. The fourth-order valence-corrected chi connectivity index (χ4v) is 4.19. The molecule has 2 aliphatic rings. The normalized spacial score (nSPS) is 29.7. The van der Waals surface area contributed by atoms with Crippen molar-refractivity contribution in [2.24, 2.45) is 5.92 Å². The predicted molar refractivity (Wildman–Crippen MR) is 83.2 cm³/mol. The number of amides is 2. The van der Waals surface area contributed by atoms with Crippen LogP contribution in [0.25, 0.3) is 0 Å². The average molecular weight is 327 g/mol. The lowest BCUT2D eigenvalue weighted by atomic mass is 9.89. The van der Waals surface area contributed by atoms with E-state index in [1.54, 1.807) is 4.90 Å².